The van der Waals surface area contributed by atoms with Crippen LogP contribution in [0.15, 0.2) is 84.9 Å². The molecule has 0 radical (unpaired) electrons. The normalized spacial score (nSPS) is 21.0. The first-order valence-electron chi connectivity index (χ1n) is 28.4. The molecule has 80 heavy (non-hydrogen) atoms. The van der Waals surface area contributed by atoms with Gasteiger partial charge in [-0.05, 0) is 129 Å². The third kappa shape index (κ3) is 12.9. The van der Waals surface area contributed by atoms with Crippen LogP contribution in [0.1, 0.15) is 136 Å². The van der Waals surface area contributed by atoms with Gasteiger partial charge in [0.15, 0.2) is 0 Å². The Bertz CT molecular complexity index is 3000. The second kappa shape index (κ2) is 24.7. The molecular formula is C62H82N10O8. The Morgan fingerprint density at radius 2 is 0.988 bits per heavy atom. The fourth-order valence-corrected chi connectivity index (χ4v) is 11.6. The van der Waals surface area contributed by atoms with Gasteiger partial charge in [0.25, 0.3) is 11.8 Å². The van der Waals surface area contributed by atoms with Gasteiger partial charge in [0.05, 0.1) is 37.3 Å². The maximum atomic E-state index is 15.1. The molecule has 2 saturated heterocycles. The predicted octanol–water partition coefficient (Wildman–Crippen LogP) is 4.81. The highest BCUT2D eigenvalue weighted by atomic mass is 16.2. The van der Waals surface area contributed by atoms with Crippen LogP contribution in [-0.2, 0) is 41.6 Å². The molecular weight excluding hydrogens is 1010 g/mol. The van der Waals surface area contributed by atoms with Gasteiger partial charge in [0.1, 0.15) is 24.2 Å². The van der Waals surface area contributed by atoms with E-state index in [0.29, 0.717) is 29.2 Å². The van der Waals surface area contributed by atoms with E-state index in [1.807, 2.05) is 84.0 Å². The summed E-state index contributed by atoms with van der Waals surface area (Å²) < 4.78 is 0. The van der Waals surface area contributed by atoms with Crippen molar-refractivity contribution in [2.45, 2.75) is 142 Å². The van der Waals surface area contributed by atoms with E-state index >= 15 is 4.79 Å². The maximum Gasteiger partial charge on any atom is 0.254 e. The van der Waals surface area contributed by atoms with Gasteiger partial charge >= 0.3 is 0 Å². The SMILES string of the molecule is CN[C@@H](C)C(=O)N[C@H](C(=O)N1CCN(C(=O)c2ccc3cccc(C(=O)N4CCN(C(=O)[C@@H](NC(=O)[C@H](C)NC)C(C)(C)C)[C@H](C(=O)N[C@@H]5CCCc6ccccc65)C4)c3c2)C[C@H]1C(=O)N[C@@H]1CCCc2ccccc21)C(C)(C)C. The molecule has 4 aromatic rings. The lowest BCUT2D eigenvalue weighted by Gasteiger charge is -2.44. The second-order valence-corrected chi connectivity index (χ2v) is 24.3. The average molecular weight is 1100 g/mol. The third-order valence-corrected chi connectivity index (χ3v) is 16.7. The number of nitrogens with one attached hydrogen (secondary N) is 6. The Labute approximate surface area is 470 Å². The van der Waals surface area contributed by atoms with Gasteiger partial charge in [0.2, 0.25) is 35.4 Å². The molecule has 2 fully saturated rings. The van der Waals surface area contributed by atoms with Crippen molar-refractivity contribution >= 4 is 58.0 Å². The molecule has 2 aliphatic carbocycles. The Morgan fingerprint density at radius 1 is 0.537 bits per heavy atom. The van der Waals surface area contributed by atoms with Crippen molar-refractivity contribution in [3.63, 3.8) is 0 Å². The number of hydrogen-bond acceptors (Lipinski definition) is 10. The number of benzene rings is 4. The molecule has 18 heteroatoms. The number of carbonyl (C=O) groups excluding carboxylic acids is 8. The van der Waals surface area contributed by atoms with Gasteiger partial charge in [-0.1, -0.05) is 108 Å². The summed E-state index contributed by atoms with van der Waals surface area (Å²) in [5.41, 5.74) is 3.41. The largest absolute Gasteiger partial charge is 0.347 e. The number of carbonyl (C=O) groups is 8. The Morgan fingerprint density at radius 3 is 1.44 bits per heavy atom. The first-order chi connectivity index (χ1) is 38.0. The highest BCUT2D eigenvalue weighted by molar-refractivity contribution is 6.10. The minimum Gasteiger partial charge on any atom is -0.347 e. The van der Waals surface area contributed by atoms with Crippen LogP contribution in [0.5, 0.6) is 0 Å². The van der Waals surface area contributed by atoms with Gasteiger partial charge in [-0.3, -0.25) is 38.4 Å². The Balaban J connectivity index is 1.07. The van der Waals surface area contributed by atoms with E-state index in [0.717, 1.165) is 47.9 Å². The predicted molar refractivity (Wildman–Crippen MR) is 307 cm³/mol. The molecule has 6 N–H and O–H groups in total. The molecule has 8 amide bonds. The van der Waals surface area contributed by atoms with Crippen molar-refractivity contribution in [3.8, 4) is 0 Å². The molecule has 4 aromatic carbocycles. The number of rotatable bonds is 14. The van der Waals surface area contributed by atoms with Crippen molar-refractivity contribution in [2.75, 3.05) is 53.4 Å². The molecule has 0 spiro atoms. The van der Waals surface area contributed by atoms with Crippen molar-refractivity contribution in [3.05, 3.63) is 118 Å². The molecule has 0 saturated carbocycles. The zero-order valence-corrected chi connectivity index (χ0v) is 48.2. The summed E-state index contributed by atoms with van der Waals surface area (Å²) in [7, 11) is 3.32. The summed E-state index contributed by atoms with van der Waals surface area (Å²) >= 11 is 0. The van der Waals surface area contributed by atoms with E-state index in [9.17, 15) is 33.6 Å². The quantitative estimate of drug-likeness (QED) is 0.101. The third-order valence-electron chi connectivity index (χ3n) is 16.7. The van der Waals surface area contributed by atoms with Crippen LogP contribution in [0.25, 0.3) is 10.8 Å². The zero-order chi connectivity index (χ0) is 57.8. The van der Waals surface area contributed by atoms with E-state index < -0.39 is 82.5 Å². The molecule has 0 unspecified atom stereocenters. The molecule has 8 atom stereocenters. The van der Waals surface area contributed by atoms with Gasteiger partial charge in [-0.25, -0.2) is 0 Å². The topological polar surface area (TPSA) is 222 Å². The summed E-state index contributed by atoms with van der Waals surface area (Å²) in [6, 6.07) is 20.5. The smallest absolute Gasteiger partial charge is 0.254 e. The lowest BCUT2D eigenvalue weighted by atomic mass is 9.85. The van der Waals surface area contributed by atoms with E-state index in [1.54, 1.807) is 68.1 Å². The molecule has 0 aromatic heterocycles. The number of hydrogen-bond donors (Lipinski definition) is 6. The summed E-state index contributed by atoms with van der Waals surface area (Å²) in [5, 5.41) is 19.4. The lowest BCUT2D eigenvalue weighted by Crippen LogP contribution is -2.66. The highest BCUT2D eigenvalue weighted by Gasteiger charge is 2.46. The van der Waals surface area contributed by atoms with Crippen molar-refractivity contribution < 1.29 is 38.4 Å². The minimum absolute atomic E-state index is 0.0108. The van der Waals surface area contributed by atoms with E-state index in [2.05, 4.69) is 44.0 Å². The Kier molecular flexibility index (Phi) is 18.2. The fraction of sp³-hybridized carbons (Fsp3) is 0.516. The monoisotopic (exact) mass is 1090 g/mol. The van der Waals surface area contributed by atoms with E-state index in [-0.39, 0.29) is 68.7 Å². The molecule has 2 heterocycles. The molecule has 2 aliphatic heterocycles. The fourth-order valence-electron chi connectivity index (χ4n) is 11.6. The summed E-state index contributed by atoms with van der Waals surface area (Å²) in [5.74, 6) is -3.20. The van der Waals surface area contributed by atoms with Crippen LogP contribution in [-0.4, -0.2) is 156 Å². The minimum atomic E-state index is -1.11. The van der Waals surface area contributed by atoms with Crippen LogP contribution in [0.4, 0.5) is 0 Å². The summed E-state index contributed by atoms with van der Waals surface area (Å²) in [6.45, 7) is 14.5. The lowest BCUT2D eigenvalue weighted by molar-refractivity contribution is -0.148. The standard InChI is InChI=1S/C62H82N10O8/c1-37(63-9)53(73)67-51(61(3,4)5)59(79)71-32-30-69(35-49(71)55(75)65-47-26-16-21-39-18-11-13-23-43(39)47)57(77)42-29-28-41-20-15-25-45(46(41)34-42)58(78)70-31-33-72(60(80)52(62(6,7)8)68-54(74)38(2)64-10)50(36-70)56(76)66-48-27-17-22-40-19-12-14-24-44(40)48/h11-15,18-20,23-25,28-29,34,37-38,47-52,63-64H,16-17,21-22,26-27,30-33,35-36H2,1-10H3,(H,65,75)(H,66,76)(H,67,73)(H,68,74)/t37-,38-,47+,48+,49-,50-,51+,52+/m0/s1. The van der Waals surface area contributed by atoms with Crippen molar-refractivity contribution in [1.82, 2.24) is 51.5 Å². The molecule has 0 bridgehead atoms. The number of likely N-dealkylation sites (N-methyl/N-ethyl adjacent to an activating group) is 2. The zero-order valence-electron chi connectivity index (χ0n) is 48.2. The van der Waals surface area contributed by atoms with Crippen LogP contribution in [0.2, 0.25) is 0 Å². The molecule has 18 nitrogen and oxygen atoms in total. The van der Waals surface area contributed by atoms with Gasteiger partial charge in [-0.2, -0.15) is 0 Å². The van der Waals surface area contributed by atoms with Gasteiger partial charge in [-0.15, -0.1) is 0 Å². The first kappa shape index (κ1) is 59.0. The number of nitrogens with zero attached hydrogens (tertiary/aromatic N) is 4. The van der Waals surface area contributed by atoms with Crippen LogP contribution in [0, 0.1) is 10.8 Å². The average Bonchev–Trinajstić information content (AvgIpc) is 3.53. The number of fused-ring (bicyclic) bond motifs is 3. The van der Waals surface area contributed by atoms with E-state index in [1.165, 1.54) is 9.80 Å². The van der Waals surface area contributed by atoms with E-state index in [4.69, 9.17) is 0 Å². The maximum absolute atomic E-state index is 15.1. The highest BCUT2D eigenvalue weighted by Crippen LogP contribution is 2.33. The van der Waals surface area contributed by atoms with Crippen LogP contribution < -0.4 is 31.9 Å². The first-order valence-corrected chi connectivity index (χ1v) is 28.4. The Hall–Kier alpha value is -7.18. The van der Waals surface area contributed by atoms with Gasteiger partial charge in [0, 0.05) is 37.3 Å². The summed E-state index contributed by atoms with van der Waals surface area (Å²) in [6.07, 6.45) is 4.92. The second-order valence-electron chi connectivity index (χ2n) is 24.3. The van der Waals surface area contributed by atoms with Crippen molar-refractivity contribution in [2.24, 2.45) is 10.8 Å². The van der Waals surface area contributed by atoms with Crippen LogP contribution in [0.3, 0.4) is 0 Å². The van der Waals surface area contributed by atoms with Crippen molar-refractivity contribution in [1.29, 1.82) is 0 Å². The van der Waals surface area contributed by atoms with Crippen LogP contribution >= 0.6 is 0 Å². The molecule has 4 aliphatic rings. The number of aryl methyl sites for hydroxylation is 2. The summed E-state index contributed by atoms with van der Waals surface area (Å²) in [4.78, 5) is 122. The molecule has 428 valence electrons. The number of piperazine rings is 2. The molecule has 8 rings (SSSR count). The number of amides is 8. The van der Waals surface area contributed by atoms with Gasteiger partial charge < -0.3 is 51.5 Å².